The number of carbonyl (C=O) groups excluding carboxylic acids is 1. The van der Waals surface area contributed by atoms with Gasteiger partial charge in [0.2, 0.25) is 0 Å². The zero-order valence-electron chi connectivity index (χ0n) is 6.17. The van der Waals surface area contributed by atoms with Crippen LogP contribution in [0.25, 0.3) is 0 Å². The van der Waals surface area contributed by atoms with Crippen LogP contribution >= 0.6 is 23.6 Å². The number of rotatable bonds is 0. The number of hydrogen-bond acceptors (Lipinski definition) is 2. The van der Waals surface area contributed by atoms with Gasteiger partial charge in [0.15, 0.2) is 11.8 Å². The molecule has 1 saturated heterocycles. The smallest absolute Gasteiger partial charge is 0.452 e. The van der Waals surface area contributed by atoms with Gasteiger partial charge in [-0.25, -0.2) is 4.79 Å². The molecule has 1 aliphatic rings. The fourth-order valence-electron chi connectivity index (χ4n) is 1.02. The molecular weight excluding hydrogens is 191 g/mol. The predicted molar refractivity (Wildman–Crippen MR) is 41.5 cm³/mol. The Hall–Kier alpha value is -0.0300. The molecule has 0 aromatic heterocycles. The Balaban J connectivity index is 2.96. The third kappa shape index (κ3) is 1.31. The van der Waals surface area contributed by atoms with Crippen LogP contribution in [0.15, 0.2) is 0 Å². The first-order chi connectivity index (χ1) is 4.77. The minimum absolute atomic E-state index is 0.0309. The van der Waals surface area contributed by atoms with Crippen LogP contribution in [0.5, 0.6) is 0 Å². The Morgan fingerprint density at radius 3 is 2.27 bits per heavy atom. The van der Waals surface area contributed by atoms with E-state index in [9.17, 15) is 10.0 Å². The quantitative estimate of drug-likeness (QED) is 0.441. The van der Waals surface area contributed by atoms with E-state index in [0.717, 1.165) is 4.42 Å². The second-order valence-corrected chi connectivity index (χ2v) is 4.07. The molecule has 0 aromatic carbocycles. The summed E-state index contributed by atoms with van der Waals surface area (Å²) in [7, 11) is 0. The van der Waals surface area contributed by atoms with Crippen LogP contribution in [0.3, 0.4) is 0 Å². The minimum Gasteiger partial charge on any atom is -0.604 e. The van der Waals surface area contributed by atoms with Crippen LogP contribution in [0.2, 0.25) is 0 Å². The normalized spacial score (nSPS) is 36.5. The second kappa shape index (κ2) is 2.23. The largest absolute Gasteiger partial charge is 0.604 e. The number of amides is 2. The van der Waals surface area contributed by atoms with Gasteiger partial charge in [0.1, 0.15) is 12.1 Å². The lowest BCUT2D eigenvalue weighted by Crippen LogP contribution is -2.34. The number of carbonyl (C=O) groups is 1. The third-order valence-corrected chi connectivity index (χ3v) is 2.44. The number of halogens is 2. The van der Waals surface area contributed by atoms with Crippen molar-refractivity contribution in [3.8, 4) is 0 Å². The van der Waals surface area contributed by atoms with Crippen LogP contribution in [0.1, 0.15) is 13.8 Å². The van der Waals surface area contributed by atoms with E-state index < -0.39 is 15.7 Å². The average Bonchev–Trinajstić information content (AvgIpc) is 1.91. The topological polar surface area (TPSA) is 43.4 Å². The van der Waals surface area contributed by atoms with Crippen molar-refractivity contribution >= 4 is 29.6 Å². The Labute approximate surface area is 74.7 Å². The van der Waals surface area contributed by atoms with Gasteiger partial charge in [0.25, 0.3) is 0 Å². The first-order valence-electron chi connectivity index (χ1n) is 3.07. The summed E-state index contributed by atoms with van der Waals surface area (Å²) < 4.78 is -0.580. The summed E-state index contributed by atoms with van der Waals surface area (Å²) in [5.74, 6) is 0. The summed E-state index contributed by atoms with van der Waals surface area (Å²) in [6.45, 7) is 3.33. The van der Waals surface area contributed by atoms with Gasteiger partial charge < -0.3 is 5.21 Å². The molecule has 0 radical (unpaired) electrons. The van der Waals surface area contributed by atoms with Crippen molar-refractivity contribution in [1.29, 1.82) is 0 Å². The molecular formula is C5H8Cl2N2O2. The van der Waals surface area contributed by atoms with E-state index in [1.165, 1.54) is 0 Å². The highest BCUT2D eigenvalue weighted by Crippen LogP contribution is 2.34. The molecule has 0 aromatic rings. The molecule has 1 fully saturated rings. The van der Waals surface area contributed by atoms with Gasteiger partial charge in [-0.15, -0.1) is 0 Å². The molecule has 1 rings (SSSR count). The van der Waals surface area contributed by atoms with Crippen molar-refractivity contribution in [2.75, 3.05) is 6.54 Å². The fourth-order valence-corrected chi connectivity index (χ4v) is 1.60. The van der Waals surface area contributed by atoms with Gasteiger partial charge in [-0.2, -0.15) is 8.58 Å². The number of hydrogen-bond donors (Lipinski definition) is 0. The molecule has 0 spiro atoms. The maximum atomic E-state index is 11.1. The van der Waals surface area contributed by atoms with Crippen molar-refractivity contribution in [2.24, 2.45) is 0 Å². The van der Waals surface area contributed by atoms with Gasteiger partial charge in [-0.05, 0) is 13.8 Å². The lowest BCUT2D eigenvalue weighted by atomic mass is 10.1. The van der Waals surface area contributed by atoms with Crippen LogP contribution in [-0.2, 0) is 0 Å². The molecule has 1 aliphatic heterocycles. The summed E-state index contributed by atoms with van der Waals surface area (Å²) >= 11 is 10.8. The molecule has 6 heteroatoms. The molecule has 0 aliphatic carbocycles. The maximum absolute atomic E-state index is 11.1. The Morgan fingerprint density at radius 2 is 2.18 bits per heavy atom. The standard InChI is InChI=1S/C5H8Cl2N2O2/c1-5(2)3-9(7,11)4(10)8(5)6/h3H2,1-2H3. The summed E-state index contributed by atoms with van der Waals surface area (Å²) in [5.41, 5.74) is -0.665. The molecule has 64 valence electrons. The van der Waals surface area contributed by atoms with E-state index in [2.05, 4.69) is 0 Å². The molecule has 11 heavy (non-hydrogen) atoms. The molecule has 2 amide bonds. The van der Waals surface area contributed by atoms with Crippen LogP contribution in [0, 0.1) is 5.21 Å². The molecule has 0 N–H and O–H groups in total. The number of hydroxylamine groups is 2. The van der Waals surface area contributed by atoms with Gasteiger partial charge in [0, 0.05) is 11.8 Å². The SMILES string of the molecule is CC1(C)C[N+]([O-])(Cl)C(=O)N1Cl. The van der Waals surface area contributed by atoms with E-state index in [-0.39, 0.29) is 6.54 Å². The third-order valence-electron chi connectivity index (χ3n) is 1.58. The van der Waals surface area contributed by atoms with Crippen LogP contribution < -0.4 is 0 Å². The molecule has 0 saturated carbocycles. The lowest BCUT2D eigenvalue weighted by Gasteiger charge is -2.22. The molecule has 1 heterocycles. The number of nitrogens with zero attached hydrogens (tertiary/aromatic N) is 2. The average molecular weight is 199 g/mol. The summed E-state index contributed by atoms with van der Waals surface area (Å²) in [6, 6.07) is -0.821. The number of urea groups is 1. The van der Waals surface area contributed by atoms with E-state index >= 15 is 0 Å². The van der Waals surface area contributed by atoms with Crippen LogP contribution in [-0.4, -0.2) is 26.7 Å². The summed E-state index contributed by atoms with van der Waals surface area (Å²) in [6.07, 6.45) is 0. The van der Waals surface area contributed by atoms with Crippen molar-refractivity contribution < 1.29 is 8.96 Å². The Kier molecular flexibility index (Phi) is 1.84. The highest BCUT2D eigenvalue weighted by molar-refractivity contribution is 6.24. The van der Waals surface area contributed by atoms with Gasteiger partial charge in [-0.1, -0.05) is 0 Å². The van der Waals surface area contributed by atoms with E-state index in [1.54, 1.807) is 13.8 Å². The Morgan fingerprint density at radius 1 is 1.73 bits per heavy atom. The zero-order chi connectivity index (χ0) is 8.86. The van der Waals surface area contributed by atoms with Crippen molar-refractivity contribution in [3.63, 3.8) is 0 Å². The minimum atomic E-state index is -1.43. The van der Waals surface area contributed by atoms with E-state index in [1.807, 2.05) is 0 Å². The highest BCUT2D eigenvalue weighted by Gasteiger charge is 2.52. The molecule has 1 atom stereocenters. The molecule has 4 nitrogen and oxygen atoms in total. The Bertz CT molecular complexity index is 205. The second-order valence-electron chi connectivity index (χ2n) is 3.19. The zero-order valence-corrected chi connectivity index (χ0v) is 7.69. The van der Waals surface area contributed by atoms with Crippen molar-refractivity contribution in [3.05, 3.63) is 5.21 Å². The molecule has 0 bridgehead atoms. The fraction of sp³-hybridized carbons (Fsp3) is 0.800. The first-order valence-corrected chi connectivity index (χ1v) is 3.74. The maximum Gasteiger partial charge on any atom is 0.452 e. The van der Waals surface area contributed by atoms with Crippen LogP contribution in [0.4, 0.5) is 4.79 Å². The van der Waals surface area contributed by atoms with Crippen molar-refractivity contribution in [1.82, 2.24) is 4.42 Å². The lowest BCUT2D eigenvalue weighted by molar-refractivity contribution is -0.663. The van der Waals surface area contributed by atoms with Gasteiger partial charge in [-0.3, -0.25) is 0 Å². The van der Waals surface area contributed by atoms with E-state index in [4.69, 9.17) is 23.6 Å². The number of quaternary nitrogens is 1. The summed E-state index contributed by atoms with van der Waals surface area (Å²) in [4.78, 5) is 11.0. The first kappa shape index (κ1) is 9.06. The van der Waals surface area contributed by atoms with E-state index in [0.29, 0.717) is 0 Å². The van der Waals surface area contributed by atoms with Gasteiger partial charge in [0.05, 0.1) is 0 Å². The monoisotopic (exact) mass is 198 g/mol. The molecule has 1 unspecified atom stereocenters. The predicted octanol–water partition coefficient (Wildman–Crippen LogP) is 1.82. The highest BCUT2D eigenvalue weighted by atomic mass is 35.5. The summed E-state index contributed by atoms with van der Waals surface area (Å²) in [5, 5.41) is 11.1. The van der Waals surface area contributed by atoms with Gasteiger partial charge >= 0.3 is 6.03 Å². The van der Waals surface area contributed by atoms with Crippen molar-refractivity contribution in [2.45, 2.75) is 19.4 Å².